The molecule has 0 aliphatic carbocycles. The SMILES string of the molecule is CCC/C=C\CCCCCCCC(=O)OCC(COC(=O)CCCCCCCCCCCCCCCCCCCCCCCCCCCCC)OC(=O)CCCCCCCCCCCCC/C=C\CCCCCCCCCC. The van der Waals surface area contributed by atoms with Gasteiger partial charge in [-0.15, -0.1) is 0 Å². The number of carbonyl (C=O) groups is 3. The van der Waals surface area contributed by atoms with E-state index in [-0.39, 0.29) is 31.1 Å². The summed E-state index contributed by atoms with van der Waals surface area (Å²) in [4.78, 5) is 38.3. The summed E-state index contributed by atoms with van der Waals surface area (Å²) in [5.74, 6) is -0.853. The molecule has 1 atom stereocenters. The third kappa shape index (κ3) is 64.7. The summed E-state index contributed by atoms with van der Waals surface area (Å²) in [5, 5.41) is 0. The van der Waals surface area contributed by atoms with Crippen molar-refractivity contribution in [2.45, 2.75) is 406 Å². The van der Waals surface area contributed by atoms with E-state index in [9.17, 15) is 14.4 Å². The zero-order valence-corrected chi connectivity index (χ0v) is 53.0. The van der Waals surface area contributed by atoms with E-state index in [2.05, 4.69) is 45.1 Å². The molecule has 0 aliphatic heterocycles. The molecule has 6 nitrogen and oxygen atoms in total. The standard InChI is InChI=1S/C72H136O6/c1-4-7-10-13-16-19-22-24-26-28-30-32-34-35-36-37-39-40-42-44-46-48-50-53-56-59-62-65-71(74)77-68-69(67-76-70(73)64-61-58-55-52-21-18-15-12-9-6-3)78-72(75)66-63-60-57-54-51-49-47-45-43-41-38-33-31-29-27-25-23-20-17-14-11-8-5-2/h12,15,29,31,69H,4-11,13-14,16-28,30,32-68H2,1-3H3/b15-12-,31-29-. The number of allylic oxidation sites excluding steroid dienone is 4. The van der Waals surface area contributed by atoms with Gasteiger partial charge in [-0.1, -0.05) is 340 Å². The molecule has 0 amide bonds. The van der Waals surface area contributed by atoms with E-state index in [4.69, 9.17) is 14.2 Å². The predicted octanol–water partition coefficient (Wildman–Crippen LogP) is 24.2. The molecular formula is C72H136O6. The predicted molar refractivity (Wildman–Crippen MR) is 340 cm³/mol. The van der Waals surface area contributed by atoms with E-state index in [0.29, 0.717) is 19.3 Å². The van der Waals surface area contributed by atoms with Crippen molar-refractivity contribution >= 4 is 17.9 Å². The first-order valence-electron chi connectivity index (χ1n) is 35.3. The molecule has 6 heteroatoms. The molecule has 0 heterocycles. The highest BCUT2D eigenvalue weighted by Gasteiger charge is 2.19. The molecule has 0 saturated carbocycles. The number of unbranched alkanes of at least 4 members (excludes halogenated alkanes) is 51. The Bertz CT molecular complexity index is 1260. The molecule has 0 fully saturated rings. The highest BCUT2D eigenvalue weighted by atomic mass is 16.6. The molecule has 0 spiro atoms. The number of ether oxygens (including phenoxy) is 3. The van der Waals surface area contributed by atoms with Crippen LogP contribution in [-0.4, -0.2) is 37.2 Å². The summed E-state index contributed by atoms with van der Waals surface area (Å²) < 4.78 is 16.9. The second-order valence-corrected chi connectivity index (χ2v) is 24.1. The van der Waals surface area contributed by atoms with Crippen LogP contribution < -0.4 is 0 Å². The van der Waals surface area contributed by atoms with Crippen LogP contribution >= 0.6 is 0 Å². The van der Waals surface area contributed by atoms with Gasteiger partial charge in [0, 0.05) is 19.3 Å². The molecular weight excluding hydrogens is 961 g/mol. The van der Waals surface area contributed by atoms with Crippen LogP contribution in [0.1, 0.15) is 400 Å². The van der Waals surface area contributed by atoms with Crippen molar-refractivity contribution in [3.8, 4) is 0 Å². The van der Waals surface area contributed by atoms with Crippen molar-refractivity contribution in [3.63, 3.8) is 0 Å². The smallest absolute Gasteiger partial charge is 0.306 e. The second kappa shape index (κ2) is 67.4. The molecule has 0 radical (unpaired) electrons. The van der Waals surface area contributed by atoms with E-state index in [1.807, 2.05) is 0 Å². The van der Waals surface area contributed by atoms with E-state index >= 15 is 0 Å². The number of carbonyl (C=O) groups excluding carboxylic acids is 3. The average molecular weight is 1100 g/mol. The van der Waals surface area contributed by atoms with Crippen LogP contribution in [0.15, 0.2) is 24.3 Å². The van der Waals surface area contributed by atoms with Crippen LogP contribution in [0.5, 0.6) is 0 Å². The Hall–Kier alpha value is -2.11. The van der Waals surface area contributed by atoms with Crippen molar-refractivity contribution < 1.29 is 28.6 Å². The van der Waals surface area contributed by atoms with E-state index in [1.165, 1.54) is 289 Å². The minimum Gasteiger partial charge on any atom is -0.462 e. The maximum absolute atomic E-state index is 12.9. The molecule has 0 aliphatic rings. The van der Waals surface area contributed by atoms with Gasteiger partial charge in [0.2, 0.25) is 0 Å². The molecule has 0 aromatic rings. The molecule has 460 valence electrons. The first kappa shape index (κ1) is 75.9. The lowest BCUT2D eigenvalue weighted by Crippen LogP contribution is -2.30. The topological polar surface area (TPSA) is 78.9 Å². The van der Waals surface area contributed by atoms with Gasteiger partial charge in [-0.3, -0.25) is 14.4 Å². The van der Waals surface area contributed by atoms with Gasteiger partial charge in [-0.2, -0.15) is 0 Å². The zero-order chi connectivity index (χ0) is 56.4. The Labute approximate surface area is 487 Å². The van der Waals surface area contributed by atoms with E-state index < -0.39 is 6.10 Å². The first-order chi connectivity index (χ1) is 38.5. The summed E-state index contributed by atoms with van der Waals surface area (Å²) in [7, 11) is 0. The van der Waals surface area contributed by atoms with Gasteiger partial charge >= 0.3 is 17.9 Å². The van der Waals surface area contributed by atoms with Gasteiger partial charge in [0.05, 0.1) is 0 Å². The summed E-state index contributed by atoms with van der Waals surface area (Å²) in [6.45, 7) is 6.65. The number of hydrogen-bond donors (Lipinski definition) is 0. The second-order valence-electron chi connectivity index (χ2n) is 24.1. The first-order valence-corrected chi connectivity index (χ1v) is 35.3. The van der Waals surface area contributed by atoms with Gasteiger partial charge in [-0.25, -0.2) is 0 Å². The van der Waals surface area contributed by atoms with Gasteiger partial charge in [0.15, 0.2) is 6.10 Å². The fraction of sp³-hybridized carbons (Fsp3) is 0.903. The quantitative estimate of drug-likeness (QED) is 0.0261. The Morgan fingerprint density at radius 1 is 0.244 bits per heavy atom. The van der Waals surface area contributed by atoms with Crippen LogP contribution in [0.25, 0.3) is 0 Å². The third-order valence-corrected chi connectivity index (χ3v) is 16.2. The van der Waals surface area contributed by atoms with Crippen LogP contribution in [0.2, 0.25) is 0 Å². The lowest BCUT2D eigenvalue weighted by molar-refractivity contribution is -0.167. The number of esters is 3. The van der Waals surface area contributed by atoms with Crippen molar-refractivity contribution in [2.75, 3.05) is 13.2 Å². The number of rotatable bonds is 66. The molecule has 0 rings (SSSR count). The maximum Gasteiger partial charge on any atom is 0.306 e. The fourth-order valence-corrected chi connectivity index (χ4v) is 10.9. The molecule has 0 bridgehead atoms. The zero-order valence-electron chi connectivity index (χ0n) is 53.0. The minimum absolute atomic E-state index is 0.0689. The lowest BCUT2D eigenvalue weighted by Gasteiger charge is -2.18. The van der Waals surface area contributed by atoms with Crippen molar-refractivity contribution in [1.82, 2.24) is 0 Å². The summed E-state index contributed by atoms with van der Waals surface area (Å²) in [5.41, 5.74) is 0. The Morgan fingerprint density at radius 3 is 0.692 bits per heavy atom. The average Bonchev–Trinajstić information content (AvgIpc) is 3.44. The lowest BCUT2D eigenvalue weighted by atomic mass is 10.0. The summed E-state index contributed by atoms with van der Waals surface area (Å²) in [6, 6.07) is 0. The summed E-state index contributed by atoms with van der Waals surface area (Å²) >= 11 is 0. The third-order valence-electron chi connectivity index (χ3n) is 16.2. The Balaban J connectivity index is 4.12. The maximum atomic E-state index is 12.9. The van der Waals surface area contributed by atoms with Crippen LogP contribution in [0.4, 0.5) is 0 Å². The molecule has 0 aromatic carbocycles. The van der Waals surface area contributed by atoms with E-state index in [0.717, 1.165) is 70.6 Å². The fourth-order valence-electron chi connectivity index (χ4n) is 10.9. The van der Waals surface area contributed by atoms with Gasteiger partial charge in [0.1, 0.15) is 13.2 Å². The molecule has 0 saturated heterocycles. The molecule has 78 heavy (non-hydrogen) atoms. The molecule has 1 unspecified atom stereocenters. The van der Waals surface area contributed by atoms with Crippen LogP contribution in [0.3, 0.4) is 0 Å². The minimum atomic E-state index is -0.772. The van der Waals surface area contributed by atoms with Crippen molar-refractivity contribution in [1.29, 1.82) is 0 Å². The number of hydrogen-bond acceptors (Lipinski definition) is 6. The summed E-state index contributed by atoms with van der Waals surface area (Å²) in [6.07, 6.45) is 82.3. The van der Waals surface area contributed by atoms with E-state index in [1.54, 1.807) is 0 Å². The monoisotopic (exact) mass is 1100 g/mol. The molecule has 0 N–H and O–H groups in total. The van der Waals surface area contributed by atoms with Gasteiger partial charge in [-0.05, 0) is 64.2 Å². The Kier molecular flexibility index (Phi) is 65.6. The normalized spacial score (nSPS) is 12.1. The largest absolute Gasteiger partial charge is 0.462 e. The van der Waals surface area contributed by atoms with Crippen molar-refractivity contribution in [2.24, 2.45) is 0 Å². The van der Waals surface area contributed by atoms with Crippen LogP contribution in [-0.2, 0) is 28.6 Å². The highest BCUT2D eigenvalue weighted by molar-refractivity contribution is 5.71. The van der Waals surface area contributed by atoms with Crippen LogP contribution in [0, 0.1) is 0 Å². The van der Waals surface area contributed by atoms with Gasteiger partial charge < -0.3 is 14.2 Å². The van der Waals surface area contributed by atoms with Crippen molar-refractivity contribution in [3.05, 3.63) is 24.3 Å². The molecule has 0 aromatic heterocycles. The highest BCUT2D eigenvalue weighted by Crippen LogP contribution is 2.19. The van der Waals surface area contributed by atoms with Gasteiger partial charge in [0.25, 0.3) is 0 Å². The Morgan fingerprint density at radius 2 is 0.449 bits per heavy atom.